The van der Waals surface area contributed by atoms with Crippen molar-refractivity contribution in [3.05, 3.63) is 125 Å². The van der Waals surface area contributed by atoms with Crippen molar-refractivity contribution in [2.24, 2.45) is 0 Å². The summed E-state index contributed by atoms with van der Waals surface area (Å²) in [5.74, 6) is -1.02. The molecular formula is C34H34N2O6. The quantitative estimate of drug-likeness (QED) is 0.210. The highest BCUT2D eigenvalue weighted by atomic mass is 16.5. The SMILES string of the molecule is COc1cccc(CCN(CCC(=O)O)C(=O)c2ccccc2-c2ccccc2C(=O)N[C@H](CO)c2ccccc2)c1. The van der Waals surface area contributed by atoms with E-state index in [-0.39, 0.29) is 25.5 Å². The van der Waals surface area contributed by atoms with Gasteiger partial charge in [0.25, 0.3) is 11.8 Å². The topological polar surface area (TPSA) is 116 Å². The van der Waals surface area contributed by atoms with E-state index >= 15 is 0 Å². The molecule has 0 heterocycles. The monoisotopic (exact) mass is 566 g/mol. The molecule has 0 bridgehead atoms. The molecular weight excluding hydrogens is 532 g/mol. The summed E-state index contributed by atoms with van der Waals surface area (Å²) >= 11 is 0. The Morgan fingerprint density at radius 1 is 0.810 bits per heavy atom. The van der Waals surface area contributed by atoms with Crippen LogP contribution in [0.1, 0.15) is 44.3 Å². The van der Waals surface area contributed by atoms with Gasteiger partial charge in [0, 0.05) is 24.2 Å². The number of hydrogen-bond acceptors (Lipinski definition) is 5. The molecule has 0 aliphatic rings. The molecule has 0 saturated carbocycles. The van der Waals surface area contributed by atoms with E-state index in [2.05, 4.69) is 5.32 Å². The number of carbonyl (C=O) groups is 3. The van der Waals surface area contributed by atoms with Gasteiger partial charge in [0.2, 0.25) is 0 Å². The Hall–Kier alpha value is -4.95. The Morgan fingerprint density at radius 3 is 2.12 bits per heavy atom. The number of methoxy groups -OCH3 is 1. The van der Waals surface area contributed by atoms with Crippen molar-refractivity contribution in [1.82, 2.24) is 10.2 Å². The maximum Gasteiger partial charge on any atom is 0.305 e. The van der Waals surface area contributed by atoms with E-state index in [1.807, 2.05) is 54.6 Å². The molecule has 216 valence electrons. The number of rotatable bonds is 13. The zero-order valence-corrected chi connectivity index (χ0v) is 23.4. The van der Waals surface area contributed by atoms with Crippen molar-refractivity contribution in [1.29, 1.82) is 0 Å². The van der Waals surface area contributed by atoms with Crippen molar-refractivity contribution >= 4 is 17.8 Å². The van der Waals surface area contributed by atoms with Crippen LogP contribution in [0.4, 0.5) is 0 Å². The maximum atomic E-state index is 14.0. The van der Waals surface area contributed by atoms with Gasteiger partial charge in [-0.05, 0) is 52.9 Å². The van der Waals surface area contributed by atoms with Gasteiger partial charge in [-0.25, -0.2) is 0 Å². The first-order valence-electron chi connectivity index (χ1n) is 13.7. The lowest BCUT2D eigenvalue weighted by atomic mass is 9.94. The summed E-state index contributed by atoms with van der Waals surface area (Å²) in [7, 11) is 1.59. The van der Waals surface area contributed by atoms with E-state index in [1.54, 1.807) is 55.6 Å². The highest BCUT2D eigenvalue weighted by Gasteiger charge is 2.23. The van der Waals surface area contributed by atoms with Crippen LogP contribution < -0.4 is 10.1 Å². The summed E-state index contributed by atoms with van der Waals surface area (Å²) in [4.78, 5) is 40.4. The third-order valence-electron chi connectivity index (χ3n) is 7.00. The summed E-state index contributed by atoms with van der Waals surface area (Å²) in [6, 6.07) is 30.1. The van der Waals surface area contributed by atoms with Crippen LogP contribution in [0.2, 0.25) is 0 Å². The van der Waals surface area contributed by atoms with Gasteiger partial charge in [-0.1, -0.05) is 78.9 Å². The van der Waals surface area contributed by atoms with E-state index < -0.39 is 17.9 Å². The number of ether oxygens (including phenoxy) is 1. The smallest absolute Gasteiger partial charge is 0.305 e. The normalized spacial score (nSPS) is 11.4. The predicted molar refractivity (Wildman–Crippen MR) is 160 cm³/mol. The fourth-order valence-electron chi connectivity index (χ4n) is 4.78. The molecule has 8 nitrogen and oxygen atoms in total. The zero-order valence-electron chi connectivity index (χ0n) is 23.4. The van der Waals surface area contributed by atoms with Crippen LogP contribution in [0.15, 0.2) is 103 Å². The minimum Gasteiger partial charge on any atom is -0.497 e. The Labute approximate surface area is 245 Å². The molecule has 1 atom stereocenters. The Morgan fingerprint density at radius 2 is 1.45 bits per heavy atom. The van der Waals surface area contributed by atoms with Crippen molar-refractivity contribution in [3.8, 4) is 16.9 Å². The second-order valence-electron chi connectivity index (χ2n) is 9.75. The van der Waals surface area contributed by atoms with E-state index in [4.69, 9.17) is 4.74 Å². The first kappa shape index (κ1) is 30.0. The van der Waals surface area contributed by atoms with Crippen molar-refractivity contribution in [2.75, 3.05) is 26.8 Å². The predicted octanol–water partition coefficient (Wildman–Crippen LogP) is 4.99. The van der Waals surface area contributed by atoms with E-state index in [1.165, 1.54) is 4.90 Å². The highest BCUT2D eigenvalue weighted by Crippen LogP contribution is 2.29. The number of nitrogens with one attached hydrogen (secondary N) is 1. The minimum atomic E-state index is -0.999. The number of aliphatic hydroxyl groups excluding tert-OH is 1. The molecule has 0 aromatic heterocycles. The number of carboxylic acid groups (broad SMARTS) is 1. The number of carbonyl (C=O) groups excluding carboxylic acids is 2. The lowest BCUT2D eigenvalue weighted by Gasteiger charge is -2.24. The summed E-state index contributed by atoms with van der Waals surface area (Å²) in [6.07, 6.45) is 0.304. The average Bonchev–Trinajstić information content (AvgIpc) is 3.03. The summed E-state index contributed by atoms with van der Waals surface area (Å²) in [5.41, 5.74) is 3.53. The van der Waals surface area contributed by atoms with Gasteiger partial charge in [0.05, 0.1) is 26.2 Å². The number of hydrogen-bond donors (Lipinski definition) is 3. The highest BCUT2D eigenvalue weighted by molar-refractivity contribution is 6.06. The second kappa shape index (κ2) is 14.6. The average molecular weight is 567 g/mol. The number of nitrogens with zero attached hydrogens (tertiary/aromatic N) is 1. The van der Waals surface area contributed by atoms with Gasteiger partial charge in [-0.2, -0.15) is 0 Å². The number of benzene rings is 4. The molecule has 0 radical (unpaired) electrons. The molecule has 0 fully saturated rings. The number of carboxylic acids is 1. The lowest BCUT2D eigenvalue weighted by Crippen LogP contribution is -2.35. The third kappa shape index (κ3) is 7.62. The van der Waals surface area contributed by atoms with E-state index in [9.17, 15) is 24.6 Å². The Kier molecular flexibility index (Phi) is 10.4. The molecule has 2 amide bonds. The molecule has 0 aliphatic carbocycles. The maximum absolute atomic E-state index is 14.0. The van der Waals surface area contributed by atoms with E-state index in [0.29, 0.717) is 41.0 Å². The first-order valence-corrected chi connectivity index (χ1v) is 13.7. The summed E-state index contributed by atoms with van der Waals surface area (Å²) in [6.45, 7) is 0.0493. The third-order valence-corrected chi connectivity index (χ3v) is 7.00. The van der Waals surface area contributed by atoms with Gasteiger partial charge in [-0.15, -0.1) is 0 Å². The van der Waals surface area contributed by atoms with Crippen LogP contribution in [0.3, 0.4) is 0 Å². The van der Waals surface area contributed by atoms with Gasteiger partial charge >= 0.3 is 5.97 Å². The van der Waals surface area contributed by atoms with Gasteiger partial charge < -0.3 is 25.2 Å². The summed E-state index contributed by atoms with van der Waals surface area (Å²) < 4.78 is 5.30. The van der Waals surface area contributed by atoms with Crippen LogP contribution in [-0.2, 0) is 11.2 Å². The molecule has 8 heteroatoms. The fraction of sp³-hybridized carbons (Fsp3) is 0.206. The molecule has 0 spiro atoms. The Balaban J connectivity index is 1.63. The zero-order chi connectivity index (χ0) is 29.9. The molecule has 0 unspecified atom stereocenters. The van der Waals surface area contributed by atoms with E-state index in [0.717, 1.165) is 11.1 Å². The van der Waals surface area contributed by atoms with Crippen molar-refractivity contribution in [3.63, 3.8) is 0 Å². The molecule has 0 saturated heterocycles. The number of amides is 2. The molecule has 4 rings (SSSR count). The van der Waals surface area contributed by atoms with Crippen LogP contribution in [0.5, 0.6) is 5.75 Å². The lowest BCUT2D eigenvalue weighted by molar-refractivity contribution is -0.137. The number of aliphatic hydroxyl groups is 1. The van der Waals surface area contributed by atoms with Crippen LogP contribution in [-0.4, -0.2) is 59.7 Å². The largest absolute Gasteiger partial charge is 0.497 e. The molecule has 0 aliphatic heterocycles. The van der Waals surface area contributed by atoms with Crippen LogP contribution >= 0.6 is 0 Å². The van der Waals surface area contributed by atoms with Crippen molar-refractivity contribution in [2.45, 2.75) is 18.9 Å². The Bertz CT molecular complexity index is 1520. The standard InChI is InChI=1S/C34H34N2O6/c1-42-26-13-9-10-24(22-26)18-20-36(21-19-32(38)39)34(41)30-17-8-6-15-28(30)27-14-5-7-16-29(27)33(40)35-31(23-37)25-11-3-2-4-12-25/h2-17,22,31,37H,18-21,23H2,1H3,(H,35,40)(H,38,39)/t31-/m1/s1. The van der Waals surface area contributed by atoms with Gasteiger partial charge in [-0.3, -0.25) is 14.4 Å². The molecule has 4 aromatic carbocycles. The second-order valence-corrected chi connectivity index (χ2v) is 9.75. The fourth-order valence-corrected chi connectivity index (χ4v) is 4.78. The molecule has 4 aromatic rings. The molecule has 42 heavy (non-hydrogen) atoms. The first-order chi connectivity index (χ1) is 20.4. The van der Waals surface area contributed by atoms with Crippen LogP contribution in [0, 0.1) is 0 Å². The van der Waals surface area contributed by atoms with Gasteiger partial charge in [0.1, 0.15) is 5.75 Å². The van der Waals surface area contributed by atoms with Gasteiger partial charge in [0.15, 0.2) is 0 Å². The summed E-state index contributed by atoms with van der Waals surface area (Å²) in [5, 5.41) is 22.2. The van der Waals surface area contributed by atoms with Crippen LogP contribution in [0.25, 0.3) is 11.1 Å². The minimum absolute atomic E-state index is 0.0316. The number of aliphatic carboxylic acids is 1. The van der Waals surface area contributed by atoms with Crippen molar-refractivity contribution < 1.29 is 29.3 Å². The molecule has 3 N–H and O–H groups in total.